The number of hydrogen-bond acceptors (Lipinski definition) is 3. The second-order valence-electron chi connectivity index (χ2n) is 4.45. The monoisotopic (exact) mass is 336 g/mol. The molecule has 1 amide bonds. The molecule has 0 fully saturated rings. The van der Waals surface area contributed by atoms with Crippen LogP contribution in [0.3, 0.4) is 0 Å². The molecule has 0 atom stereocenters. The fourth-order valence-electron chi connectivity index (χ4n) is 1.80. The van der Waals surface area contributed by atoms with E-state index in [1.165, 1.54) is 0 Å². The number of amides is 1. The lowest BCUT2D eigenvalue weighted by Gasteiger charge is -2.09. The van der Waals surface area contributed by atoms with Crippen LogP contribution in [-0.2, 0) is 11.3 Å². The third-order valence-corrected chi connectivity index (χ3v) is 3.37. The summed E-state index contributed by atoms with van der Waals surface area (Å²) in [6, 6.07) is 8.05. The quantitative estimate of drug-likeness (QED) is 0.850. The average Bonchev–Trinajstić information content (AvgIpc) is 2.86. The Morgan fingerprint density at radius 2 is 2.10 bits per heavy atom. The average molecular weight is 337 g/mol. The second kappa shape index (κ2) is 7.21. The van der Waals surface area contributed by atoms with Crippen molar-refractivity contribution in [1.29, 1.82) is 0 Å². The van der Waals surface area contributed by atoms with Gasteiger partial charge in [-0.2, -0.15) is 0 Å². The zero-order valence-electron chi connectivity index (χ0n) is 11.1. The van der Waals surface area contributed by atoms with Gasteiger partial charge in [0.1, 0.15) is 0 Å². The molecule has 106 valence electrons. The SMILES string of the molecule is NCCCC(=O)Nc1nccn1Cc1ccc(Br)cc1. The van der Waals surface area contributed by atoms with E-state index in [4.69, 9.17) is 5.73 Å². The van der Waals surface area contributed by atoms with Gasteiger partial charge in [0, 0.05) is 23.3 Å². The highest BCUT2D eigenvalue weighted by Crippen LogP contribution is 2.14. The molecule has 3 N–H and O–H groups in total. The van der Waals surface area contributed by atoms with E-state index in [-0.39, 0.29) is 5.91 Å². The summed E-state index contributed by atoms with van der Waals surface area (Å²) in [7, 11) is 0. The smallest absolute Gasteiger partial charge is 0.226 e. The number of carbonyl (C=O) groups is 1. The lowest BCUT2D eigenvalue weighted by atomic mass is 10.2. The Labute approximate surface area is 126 Å². The Kier molecular flexibility index (Phi) is 5.31. The van der Waals surface area contributed by atoms with Gasteiger partial charge in [0.15, 0.2) is 0 Å². The Morgan fingerprint density at radius 1 is 1.35 bits per heavy atom. The third kappa shape index (κ3) is 4.18. The van der Waals surface area contributed by atoms with Crippen LogP contribution in [0.2, 0.25) is 0 Å². The molecule has 2 rings (SSSR count). The molecule has 5 nitrogen and oxygen atoms in total. The van der Waals surface area contributed by atoms with E-state index in [1.54, 1.807) is 6.20 Å². The first-order valence-electron chi connectivity index (χ1n) is 6.44. The van der Waals surface area contributed by atoms with Crippen molar-refractivity contribution in [1.82, 2.24) is 9.55 Å². The van der Waals surface area contributed by atoms with Gasteiger partial charge >= 0.3 is 0 Å². The van der Waals surface area contributed by atoms with E-state index < -0.39 is 0 Å². The zero-order valence-corrected chi connectivity index (χ0v) is 12.6. The normalized spacial score (nSPS) is 10.5. The molecule has 1 aromatic carbocycles. The summed E-state index contributed by atoms with van der Waals surface area (Å²) >= 11 is 3.41. The van der Waals surface area contributed by atoms with E-state index in [2.05, 4.69) is 26.2 Å². The molecule has 0 aliphatic heterocycles. The van der Waals surface area contributed by atoms with Gasteiger partial charge in [0.25, 0.3) is 0 Å². The number of benzene rings is 1. The first-order chi connectivity index (χ1) is 9.69. The molecule has 0 radical (unpaired) electrons. The predicted molar refractivity (Wildman–Crippen MR) is 82.4 cm³/mol. The lowest BCUT2D eigenvalue weighted by Crippen LogP contribution is -2.17. The minimum absolute atomic E-state index is 0.0568. The molecule has 0 unspecified atom stereocenters. The van der Waals surface area contributed by atoms with E-state index in [9.17, 15) is 4.79 Å². The first kappa shape index (κ1) is 14.7. The fraction of sp³-hybridized carbons (Fsp3) is 0.286. The van der Waals surface area contributed by atoms with Crippen LogP contribution in [0.15, 0.2) is 41.1 Å². The van der Waals surface area contributed by atoms with Crippen LogP contribution in [-0.4, -0.2) is 22.0 Å². The van der Waals surface area contributed by atoms with Gasteiger partial charge in [-0.15, -0.1) is 0 Å². The van der Waals surface area contributed by atoms with Crippen molar-refractivity contribution in [3.8, 4) is 0 Å². The highest BCUT2D eigenvalue weighted by atomic mass is 79.9. The van der Waals surface area contributed by atoms with Gasteiger partial charge < -0.3 is 10.3 Å². The van der Waals surface area contributed by atoms with Crippen molar-refractivity contribution < 1.29 is 4.79 Å². The summed E-state index contributed by atoms with van der Waals surface area (Å²) in [6.07, 6.45) is 4.62. The maximum Gasteiger partial charge on any atom is 0.226 e. The largest absolute Gasteiger partial charge is 0.330 e. The number of carbonyl (C=O) groups excluding carboxylic acids is 1. The summed E-state index contributed by atoms with van der Waals surface area (Å²) in [5.74, 6) is 0.508. The number of aromatic nitrogens is 2. The van der Waals surface area contributed by atoms with Crippen molar-refractivity contribution in [3.05, 3.63) is 46.7 Å². The molecule has 1 heterocycles. The second-order valence-corrected chi connectivity index (χ2v) is 5.36. The molecule has 0 saturated heterocycles. The van der Waals surface area contributed by atoms with Gasteiger partial charge in [0.05, 0.1) is 6.54 Å². The molecule has 2 aromatic rings. The summed E-state index contributed by atoms with van der Waals surface area (Å²) in [5, 5.41) is 2.81. The first-order valence-corrected chi connectivity index (χ1v) is 7.24. The van der Waals surface area contributed by atoms with Crippen molar-refractivity contribution in [2.24, 2.45) is 5.73 Å². The van der Waals surface area contributed by atoms with E-state index >= 15 is 0 Å². The maximum absolute atomic E-state index is 11.7. The van der Waals surface area contributed by atoms with Gasteiger partial charge in [-0.05, 0) is 30.7 Å². The summed E-state index contributed by atoms with van der Waals surface area (Å²) < 4.78 is 2.95. The molecule has 6 heteroatoms. The standard InChI is InChI=1S/C14H17BrN4O/c15-12-5-3-11(4-6-12)10-19-9-8-17-14(19)18-13(20)2-1-7-16/h3-6,8-9H,1-2,7,10,16H2,(H,17,18,20). The van der Waals surface area contributed by atoms with Crippen LogP contribution < -0.4 is 11.1 Å². The minimum atomic E-state index is -0.0568. The van der Waals surface area contributed by atoms with E-state index in [1.807, 2.05) is 35.0 Å². The number of nitrogens with two attached hydrogens (primary N) is 1. The summed E-state index contributed by atoms with van der Waals surface area (Å²) in [5.41, 5.74) is 6.53. The molecule has 0 spiro atoms. The highest BCUT2D eigenvalue weighted by molar-refractivity contribution is 9.10. The fourth-order valence-corrected chi connectivity index (χ4v) is 2.06. The van der Waals surface area contributed by atoms with Crippen LogP contribution in [0.25, 0.3) is 0 Å². The molecule has 0 saturated carbocycles. The van der Waals surface area contributed by atoms with Crippen molar-refractivity contribution in [2.75, 3.05) is 11.9 Å². The Balaban J connectivity index is 2.01. The van der Waals surface area contributed by atoms with Crippen molar-refractivity contribution in [3.63, 3.8) is 0 Å². The predicted octanol–water partition coefficient (Wildman–Crippen LogP) is 2.37. The Bertz CT molecular complexity index is 565. The van der Waals surface area contributed by atoms with Crippen LogP contribution in [0.4, 0.5) is 5.95 Å². The van der Waals surface area contributed by atoms with Crippen LogP contribution >= 0.6 is 15.9 Å². The van der Waals surface area contributed by atoms with Gasteiger partial charge in [-0.1, -0.05) is 28.1 Å². The molecular weight excluding hydrogens is 320 g/mol. The van der Waals surface area contributed by atoms with Crippen LogP contribution in [0, 0.1) is 0 Å². The Morgan fingerprint density at radius 3 is 2.80 bits per heavy atom. The molecule has 0 aliphatic carbocycles. The van der Waals surface area contributed by atoms with E-state index in [0.29, 0.717) is 31.9 Å². The molecule has 0 bridgehead atoms. The molecular formula is C14H17BrN4O. The van der Waals surface area contributed by atoms with Gasteiger partial charge in [-0.25, -0.2) is 4.98 Å². The zero-order chi connectivity index (χ0) is 14.4. The van der Waals surface area contributed by atoms with Crippen LogP contribution in [0.5, 0.6) is 0 Å². The summed E-state index contributed by atoms with van der Waals surface area (Å²) in [4.78, 5) is 15.9. The molecule has 1 aromatic heterocycles. The topological polar surface area (TPSA) is 72.9 Å². The van der Waals surface area contributed by atoms with Crippen molar-refractivity contribution in [2.45, 2.75) is 19.4 Å². The number of anilines is 1. The highest BCUT2D eigenvalue weighted by Gasteiger charge is 2.07. The number of imidazole rings is 1. The number of nitrogens with zero attached hydrogens (tertiary/aromatic N) is 2. The minimum Gasteiger partial charge on any atom is -0.330 e. The maximum atomic E-state index is 11.7. The number of halogens is 1. The van der Waals surface area contributed by atoms with E-state index in [0.717, 1.165) is 10.0 Å². The lowest BCUT2D eigenvalue weighted by molar-refractivity contribution is -0.116. The van der Waals surface area contributed by atoms with Crippen LogP contribution in [0.1, 0.15) is 18.4 Å². The summed E-state index contributed by atoms with van der Waals surface area (Å²) in [6.45, 7) is 1.18. The third-order valence-electron chi connectivity index (χ3n) is 2.84. The number of nitrogens with one attached hydrogen (secondary N) is 1. The molecule has 0 aliphatic rings. The number of rotatable bonds is 6. The van der Waals surface area contributed by atoms with Gasteiger partial charge in [-0.3, -0.25) is 10.1 Å². The number of hydrogen-bond donors (Lipinski definition) is 2. The Hall–Kier alpha value is -1.66. The van der Waals surface area contributed by atoms with Crippen molar-refractivity contribution >= 4 is 27.8 Å². The molecule has 20 heavy (non-hydrogen) atoms. The van der Waals surface area contributed by atoms with Gasteiger partial charge in [0.2, 0.25) is 11.9 Å².